The maximum atomic E-state index is 13.4. The molecule has 0 aliphatic carbocycles. The third-order valence-corrected chi connectivity index (χ3v) is 7.01. The van der Waals surface area contributed by atoms with Crippen LogP contribution in [0.1, 0.15) is 60.4 Å². The maximum Gasteiger partial charge on any atom is 0.264 e. The molecule has 2 nitrogen and oxygen atoms in total. The Morgan fingerprint density at radius 2 is 1.90 bits per heavy atom. The summed E-state index contributed by atoms with van der Waals surface area (Å²) in [6, 6.07) is 12.1. The quantitative estimate of drug-likeness (QED) is 0.546. The molecule has 2 aliphatic heterocycles. The average Bonchev–Trinajstić information content (AvgIpc) is 3.00. The first-order valence-electron chi connectivity index (χ1n) is 11.2. The summed E-state index contributed by atoms with van der Waals surface area (Å²) in [4.78, 5) is 2.50. The first kappa shape index (κ1) is 21.8. The van der Waals surface area contributed by atoms with Crippen molar-refractivity contribution < 1.29 is 8.78 Å². The standard InChI is InChI=1S/C27H32F2N2/c1-18(2)22-9-8-21(17-23(22)26(28)29)6-5-13-31-14-11-27(12-15-31)20(4)30-25-10-7-19(3)16-24(25)27/h7-10,16-17,26,30H,1,4-6,11-15H2,2-3H3. The van der Waals surface area contributed by atoms with Gasteiger partial charge in [-0.2, -0.15) is 0 Å². The number of nitrogens with one attached hydrogen (secondary N) is 1. The minimum absolute atomic E-state index is 0.0440. The Labute approximate surface area is 184 Å². The number of alkyl halides is 2. The summed E-state index contributed by atoms with van der Waals surface area (Å²) in [5.41, 5.74) is 7.40. The summed E-state index contributed by atoms with van der Waals surface area (Å²) in [5, 5.41) is 3.51. The molecule has 2 aromatic rings. The van der Waals surface area contributed by atoms with Crippen LogP contribution in [0.3, 0.4) is 0 Å². The van der Waals surface area contributed by atoms with Crippen molar-refractivity contribution >= 4 is 11.3 Å². The van der Waals surface area contributed by atoms with Gasteiger partial charge < -0.3 is 10.2 Å². The van der Waals surface area contributed by atoms with Crippen LogP contribution in [0.2, 0.25) is 0 Å². The number of aryl methyl sites for hydroxylation is 2. The fourth-order valence-electron chi connectivity index (χ4n) is 5.18. The van der Waals surface area contributed by atoms with Gasteiger partial charge in [0.15, 0.2) is 0 Å². The van der Waals surface area contributed by atoms with Gasteiger partial charge in [0.2, 0.25) is 0 Å². The van der Waals surface area contributed by atoms with E-state index in [2.05, 4.69) is 48.5 Å². The SMILES string of the molecule is C=C(C)c1ccc(CCCN2CCC3(CC2)C(=C)Nc2ccc(C)cc23)cc1C(F)F. The van der Waals surface area contributed by atoms with Crippen LogP contribution in [0.4, 0.5) is 14.5 Å². The van der Waals surface area contributed by atoms with Crippen molar-refractivity contribution in [1.29, 1.82) is 0 Å². The van der Waals surface area contributed by atoms with E-state index in [-0.39, 0.29) is 11.0 Å². The lowest BCUT2D eigenvalue weighted by Gasteiger charge is -2.40. The van der Waals surface area contributed by atoms with E-state index in [0.29, 0.717) is 11.1 Å². The topological polar surface area (TPSA) is 15.3 Å². The number of fused-ring (bicyclic) bond motifs is 2. The molecule has 0 amide bonds. The predicted molar refractivity (Wildman–Crippen MR) is 126 cm³/mol. The zero-order valence-electron chi connectivity index (χ0n) is 18.6. The minimum atomic E-state index is -2.47. The van der Waals surface area contributed by atoms with Gasteiger partial charge in [0.25, 0.3) is 6.43 Å². The molecule has 4 rings (SSSR count). The lowest BCUT2D eigenvalue weighted by molar-refractivity contribution is 0.151. The third-order valence-electron chi connectivity index (χ3n) is 7.01. The number of hydrogen-bond donors (Lipinski definition) is 1. The molecule has 31 heavy (non-hydrogen) atoms. The normalized spacial score (nSPS) is 17.8. The van der Waals surface area contributed by atoms with Crippen molar-refractivity contribution in [1.82, 2.24) is 4.90 Å². The van der Waals surface area contributed by atoms with Crippen molar-refractivity contribution in [2.24, 2.45) is 0 Å². The summed E-state index contributed by atoms with van der Waals surface area (Å²) < 4.78 is 26.9. The lowest BCUT2D eigenvalue weighted by Crippen LogP contribution is -2.43. The average molecular weight is 423 g/mol. The van der Waals surface area contributed by atoms with Gasteiger partial charge in [0.05, 0.1) is 0 Å². The molecule has 0 atom stereocenters. The van der Waals surface area contributed by atoms with Gasteiger partial charge in [-0.05, 0) is 88.0 Å². The molecule has 4 heteroatoms. The van der Waals surface area contributed by atoms with Crippen LogP contribution in [-0.2, 0) is 11.8 Å². The van der Waals surface area contributed by atoms with Gasteiger partial charge >= 0.3 is 0 Å². The second-order valence-corrected chi connectivity index (χ2v) is 9.18. The second kappa shape index (κ2) is 8.58. The number of likely N-dealkylation sites (tertiary alicyclic amines) is 1. The second-order valence-electron chi connectivity index (χ2n) is 9.18. The maximum absolute atomic E-state index is 13.4. The third kappa shape index (κ3) is 4.18. The zero-order chi connectivity index (χ0) is 22.2. The van der Waals surface area contributed by atoms with Crippen LogP contribution in [-0.4, -0.2) is 24.5 Å². The van der Waals surface area contributed by atoms with E-state index in [0.717, 1.165) is 56.6 Å². The van der Waals surface area contributed by atoms with Gasteiger partial charge in [-0.1, -0.05) is 48.6 Å². The van der Waals surface area contributed by atoms with E-state index in [1.54, 1.807) is 19.1 Å². The van der Waals surface area contributed by atoms with Crippen molar-refractivity contribution in [2.75, 3.05) is 25.0 Å². The largest absolute Gasteiger partial charge is 0.358 e. The van der Waals surface area contributed by atoms with E-state index in [1.165, 1.54) is 16.8 Å². The van der Waals surface area contributed by atoms with Crippen molar-refractivity contribution in [3.8, 4) is 0 Å². The highest BCUT2D eigenvalue weighted by molar-refractivity contribution is 5.69. The van der Waals surface area contributed by atoms with Crippen molar-refractivity contribution in [3.63, 3.8) is 0 Å². The molecule has 2 heterocycles. The monoisotopic (exact) mass is 422 g/mol. The number of hydrogen-bond acceptors (Lipinski definition) is 2. The van der Waals surface area contributed by atoms with E-state index >= 15 is 0 Å². The Kier molecular flexibility index (Phi) is 6.02. The number of piperidine rings is 1. The molecular formula is C27H32F2N2. The highest BCUT2D eigenvalue weighted by Gasteiger charge is 2.44. The number of anilines is 1. The molecule has 0 bridgehead atoms. The minimum Gasteiger partial charge on any atom is -0.358 e. The summed E-state index contributed by atoms with van der Waals surface area (Å²) in [7, 11) is 0. The van der Waals surface area contributed by atoms with Crippen molar-refractivity contribution in [2.45, 2.75) is 51.4 Å². The van der Waals surface area contributed by atoms with Crippen LogP contribution in [0, 0.1) is 6.92 Å². The van der Waals surface area contributed by atoms with Crippen LogP contribution in [0.5, 0.6) is 0 Å². The number of allylic oxidation sites excluding steroid dienone is 2. The molecule has 0 aromatic heterocycles. The highest BCUT2D eigenvalue weighted by atomic mass is 19.3. The lowest BCUT2D eigenvalue weighted by atomic mass is 9.72. The molecule has 1 spiro atoms. The van der Waals surface area contributed by atoms with Gasteiger partial charge in [-0.25, -0.2) is 8.78 Å². The van der Waals surface area contributed by atoms with Gasteiger partial charge in [-0.3, -0.25) is 0 Å². The molecule has 0 unspecified atom stereocenters. The molecule has 0 saturated carbocycles. The Hall–Kier alpha value is -2.46. The Bertz CT molecular complexity index is 1000. The molecule has 2 aliphatic rings. The molecular weight excluding hydrogens is 390 g/mol. The fraction of sp³-hybridized carbons (Fsp3) is 0.407. The molecule has 1 fully saturated rings. The number of nitrogens with zero attached hydrogens (tertiary/aromatic N) is 1. The zero-order valence-corrected chi connectivity index (χ0v) is 18.6. The number of benzene rings is 2. The van der Waals surface area contributed by atoms with Gasteiger partial charge in [-0.15, -0.1) is 0 Å². The van der Waals surface area contributed by atoms with E-state index < -0.39 is 6.43 Å². The van der Waals surface area contributed by atoms with Crippen molar-refractivity contribution in [3.05, 3.63) is 83.1 Å². The molecule has 164 valence electrons. The van der Waals surface area contributed by atoms with E-state index in [9.17, 15) is 8.78 Å². The Morgan fingerprint density at radius 1 is 1.16 bits per heavy atom. The highest BCUT2D eigenvalue weighted by Crippen LogP contribution is 2.49. The van der Waals surface area contributed by atoms with Crippen LogP contribution >= 0.6 is 0 Å². The molecule has 1 N–H and O–H groups in total. The Balaban J connectivity index is 1.35. The summed E-state index contributed by atoms with van der Waals surface area (Å²) in [5.74, 6) is 0. The smallest absolute Gasteiger partial charge is 0.264 e. The van der Waals surface area contributed by atoms with E-state index in [4.69, 9.17) is 0 Å². The fourth-order valence-corrected chi connectivity index (χ4v) is 5.18. The van der Waals surface area contributed by atoms with Crippen LogP contribution in [0.15, 0.2) is 55.3 Å². The predicted octanol–water partition coefficient (Wildman–Crippen LogP) is 6.87. The summed E-state index contributed by atoms with van der Waals surface area (Å²) >= 11 is 0. The van der Waals surface area contributed by atoms with Gasteiger partial charge in [0.1, 0.15) is 0 Å². The van der Waals surface area contributed by atoms with E-state index in [1.807, 2.05) is 6.07 Å². The summed E-state index contributed by atoms with van der Waals surface area (Å²) in [6.07, 6.45) is 1.45. The number of halogens is 2. The van der Waals surface area contributed by atoms with Crippen LogP contribution in [0.25, 0.3) is 5.57 Å². The molecule has 2 aromatic carbocycles. The summed E-state index contributed by atoms with van der Waals surface area (Å²) in [6.45, 7) is 15.1. The molecule has 1 saturated heterocycles. The number of rotatable bonds is 6. The first-order valence-corrected chi connectivity index (χ1v) is 11.2. The van der Waals surface area contributed by atoms with Gasteiger partial charge in [0, 0.05) is 22.4 Å². The Morgan fingerprint density at radius 3 is 2.58 bits per heavy atom. The first-order chi connectivity index (χ1) is 14.8. The molecule has 0 radical (unpaired) electrons. The van der Waals surface area contributed by atoms with Crippen LogP contribution < -0.4 is 5.32 Å².